The van der Waals surface area contributed by atoms with E-state index in [1.165, 1.54) is 23.5 Å². The molecule has 1 saturated heterocycles. The maximum absolute atomic E-state index is 13.2. The van der Waals surface area contributed by atoms with Crippen LogP contribution in [0.5, 0.6) is 0 Å². The number of nitrogens with zero attached hydrogens (tertiary/aromatic N) is 1. The van der Waals surface area contributed by atoms with Gasteiger partial charge in [-0.2, -0.15) is 0 Å². The van der Waals surface area contributed by atoms with E-state index in [0.717, 1.165) is 30.6 Å². The van der Waals surface area contributed by atoms with Crippen LogP contribution in [0.4, 0.5) is 4.39 Å². The first-order chi connectivity index (χ1) is 11.0. The summed E-state index contributed by atoms with van der Waals surface area (Å²) in [5.74, 6) is -0.395. The second-order valence-corrected chi connectivity index (χ2v) is 7.02. The van der Waals surface area contributed by atoms with Crippen molar-refractivity contribution in [3.8, 4) is 0 Å². The predicted molar refractivity (Wildman–Crippen MR) is 87.0 cm³/mol. The number of benzene rings is 1. The van der Waals surface area contributed by atoms with E-state index in [2.05, 4.69) is 6.92 Å². The Morgan fingerprint density at radius 1 is 1.30 bits per heavy atom. The van der Waals surface area contributed by atoms with Gasteiger partial charge in [-0.25, -0.2) is 9.18 Å². The van der Waals surface area contributed by atoms with Gasteiger partial charge in [0.2, 0.25) is 0 Å². The van der Waals surface area contributed by atoms with Gasteiger partial charge in [0.1, 0.15) is 10.7 Å². The van der Waals surface area contributed by atoms with Crippen molar-refractivity contribution in [2.75, 3.05) is 19.7 Å². The van der Waals surface area contributed by atoms with Crippen molar-refractivity contribution in [2.45, 2.75) is 19.8 Å². The molecule has 1 fully saturated rings. The fraction of sp³-hybridized carbons (Fsp3) is 0.412. The van der Waals surface area contributed by atoms with E-state index in [1.54, 1.807) is 17.0 Å². The van der Waals surface area contributed by atoms with Crippen LogP contribution in [-0.4, -0.2) is 36.5 Å². The van der Waals surface area contributed by atoms with Crippen LogP contribution in [0.15, 0.2) is 24.3 Å². The summed E-state index contributed by atoms with van der Waals surface area (Å²) in [6.07, 6.45) is 1.98. The number of esters is 1. The topological polar surface area (TPSA) is 46.6 Å². The molecular formula is C17H18FNO3S. The smallest absolute Gasteiger partial charge is 0.348 e. The fourth-order valence-electron chi connectivity index (χ4n) is 2.66. The molecular weight excluding hydrogens is 317 g/mol. The number of halogens is 1. The van der Waals surface area contributed by atoms with Gasteiger partial charge in [-0.3, -0.25) is 4.79 Å². The fourth-order valence-corrected chi connectivity index (χ4v) is 3.60. The number of rotatable bonds is 3. The highest BCUT2D eigenvalue weighted by atomic mass is 32.1. The van der Waals surface area contributed by atoms with Crippen molar-refractivity contribution in [2.24, 2.45) is 5.92 Å². The molecule has 4 nitrogen and oxygen atoms in total. The second-order valence-electron chi connectivity index (χ2n) is 5.93. The van der Waals surface area contributed by atoms with Crippen molar-refractivity contribution in [3.63, 3.8) is 0 Å². The van der Waals surface area contributed by atoms with Crippen molar-refractivity contribution in [1.82, 2.24) is 4.90 Å². The van der Waals surface area contributed by atoms with E-state index < -0.39 is 5.97 Å². The number of likely N-dealkylation sites (tertiary alicyclic amines) is 1. The van der Waals surface area contributed by atoms with Crippen LogP contribution in [0.3, 0.4) is 0 Å². The summed E-state index contributed by atoms with van der Waals surface area (Å²) in [6, 6.07) is 5.96. The molecule has 0 saturated carbocycles. The number of hydrogen-bond donors (Lipinski definition) is 0. The molecule has 122 valence electrons. The number of carbonyl (C=O) groups excluding carboxylic acids is 2. The van der Waals surface area contributed by atoms with Crippen molar-refractivity contribution >= 4 is 33.3 Å². The van der Waals surface area contributed by atoms with E-state index in [-0.39, 0.29) is 18.3 Å². The minimum Gasteiger partial charge on any atom is -0.451 e. The number of amides is 1. The quantitative estimate of drug-likeness (QED) is 0.807. The van der Waals surface area contributed by atoms with Crippen LogP contribution < -0.4 is 0 Å². The average molecular weight is 335 g/mol. The number of ether oxygens (including phenoxy) is 1. The van der Waals surface area contributed by atoms with E-state index in [9.17, 15) is 14.0 Å². The third-order valence-electron chi connectivity index (χ3n) is 4.14. The molecule has 0 N–H and O–H groups in total. The molecule has 2 heterocycles. The molecule has 0 aliphatic carbocycles. The molecule has 1 amide bonds. The number of hydrogen-bond acceptors (Lipinski definition) is 4. The second kappa shape index (κ2) is 6.66. The Morgan fingerprint density at radius 2 is 2.04 bits per heavy atom. The van der Waals surface area contributed by atoms with Gasteiger partial charge >= 0.3 is 5.97 Å². The summed E-state index contributed by atoms with van der Waals surface area (Å²) < 4.78 is 19.1. The zero-order chi connectivity index (χ0) is 16.4. The lowest BCUT2D eigenvalue weighted by Gasteiger charge is -2.30. The van der Waals surface area contributed by atoms with Gasteiger partial charge < -0.3 is 9.64 Å². The SMILES string of the molecule is CC1CCN(C(=O)COC(=O)c2cc3cc(F)ccc3s2)CC1. The van der Waals surface area contributed by atoms with E-state index in [0.29, 0.717) is 16.2 Å². The minimum absolute atomic E-state index is 0.155. The van der Waals surface area contributed by atoms with Gasteiger partial charge in [-0.1, -0.05) is 6.92 Å². The average Bonchev–Trinajstić information content (AvgIpc) is 2.96. The van der Waals surface area contributed by atoms with Gasteiger partial charge in [0.15, 0.2) is 6.61 Å². The molecule has 0 atom stereocenters. The monoisotopic (exact) mass is 335 g/mol. The Labute approximate surface area is 137 Å². The normalized spacial score (nSPS) is 15.8. The van der Waals surface area contributed by atoms with Gasteiger partial charge in [-0.05, 0) is 48.4 Å². The molecule has 6 heteroatoms. The zero-order valence-corrected chi connectivity index (χ0v) is 13.7. The summed E-state index contributed by atoms with van der Waals surface area (Å²) in [4.78, 5) is 26.2. The first-order valence-electron chi connectivity index (χ1n) is 7.67. The standard InChI is InChI=1S/C17H18FNO3S/c1-11-4-6-19(7-5-11)16(20)10-22-17(21)15-9-12-8-13(18)2-3-14(12)23-15/h2-3,8-9,11H,4-7,10H2,1H3. The number of carbonyl (C=O) groups is 2. The maximum Gasteiger partial charge on any atom is 0.348 e. The molecule has 1 aliphatic heterocycles. The number of fused-ring (bicyclic) bond motifs is 1. The van der Waals surface area contributed by atoms with Crippen LogP contribution in [0, 0.1) is 11.7 Å². The highest BCUT2D eigenvalue weighted by Gasteiger charge is 2.22. The first-order valence-corrected chi connectivity index (χ1v) is 8.48. The molecule has 1 aromatic heterocycles. The van der Waals surface area contributed by atoms with Crippen molar-refractivity contribution in [3.05, 3.63) is 35.0 Å². The van der Waals surface area contributed by atoms with Crippen molar-refractivity contribution in [1.29, 1.82) is 0 Å². The van der Waals surface area contributed by atoms with Crippen LogP contribution in [0.1, 0.15) is 29.4 Å². The Balaban J connectivity index is 1.58. The molecule has 1 aliphatic rings. The van der Waals surface area contributed by atoms with Crippen LogP contribution in [-0.2, 0) is 9.53 Å². The van der Waals surface area contributed by atoms with Gasteiger partial charge in [0.05, 0.1) is 0 Å². The first kappa shape index (κ1) is 15.9. The predicted octanol–water partition coefficient (Wildman–Crippen LogP) is 3.46. The van der Waals surface area contributed by atoms with Crippen LogP contribution in [0.25, 0.3) is 10.1 Å². The van der Waals surface area contributed by atoms with E-state index in [4.69, 9.17) is 4.74 Å². The lowest BCUT2D eigenvalue weighted by molar-refractivity contribution is -0.135. The summed E-state index contributed by atoms with van der Waals surface area (Å²) in [6.45, 7) is 3.38. The van der Waals surface area contributed by atoms with E-state index >= 15 is 0 Å². The number of piperidine rings is 1. The van der Waals surface area contributed by atoms with Gasteiger partial charge in [0.25, 0.3) is 5.91 Å². The van der Waals surface area contributed by atoms with Gasteiger partial charge in [0, 0.05) is 17.8 Å². The largest absolute Gasteiger partial charge is 0.451 e. The summed E-state index contributed by atoms with van der Waals surface area (Å²) in [7, 11) is 0. The molecule has 0 spiro atoms. The van der Waals surface area contributed by atoms with Gasteiger partial charge in [-0.15, -0.1) is 11.3 Å². The molecule has 23 heavy (non-hydrogen) atoms. The molecule has 0 bridgehead atoms. The Kier molecular flexibility index (Phi) is 4.61. The lowest BCUT2D eigenvalue weighted by atomic mass is 9.99. The highest BCUT2D eigenvalue weighted by Crippen LogP contribution is 2.26. The summed E-state index contributed by atoms with van der Waals surface area (Å²) in [5, 5.41) is 0.665. The summed E-state index contributed by atoms with van der Waals surface area (Å²) in [5.41, 5.74) is 0. The van der Waals surface area contributed by atoms with Crippen LogP contribution >= 0.6 is 11.3 Å². The Hall–Kier alpha value is -1.95. The van der Waals surface area contributed by atoms with E-state index in [1.807, 2.05) is 0 Å². The summed E-state index contributed by atoms with van der Waals surface area (Å²) >= 11 is 1.24. The Bertz CT molecular complexity index is 735. The molecule has 1 aromatic carbocycles. The third-order valence-corrected chi connectivity index (χ3v) is 5.24. The molecule has 0 unspecified atom stereocenters. The highest BCUT2D eigenvalue weighted by molar-refractivity contribution is 7.20. The molecule has 0 radical (unpaired) electrons. The number of thiophene rings is 1. The Morgan fingerprint density at radius 3 is 2.78 bits per heavy atom. The molecule has 2 aromatic rings. The lowest BCUT2D eigenvalue weighted by Crippen LogP contribution is -2.40. The minimum atomic E-state index is -0.537. The zero-order valence-electron chi connectivity index (χ0n) is 12.9. The maximum atomic E-state index is 13.2. The third kappa shape index (κ3) is 3.69. The van der Waals surface area contributed by atoms with Crippen LogP contribution in [0.2, 0.25) is 0 Å². The van der Waals surface area contributed by atoms with Crippen molar-refractivity contribution < 1.29 is 18.7 Å². The molecule has 3 rings (SSSR count).